The number of carboxylic acid groups (broad SMARTS) is 1. The van der Waals surface area contributed by atoms with Crippen molar-refractivity contribution in [2.24, 2.45) is 0 Å². The van der Waals surface area contributed by atoms with Gasteiger partial charge in [-0.3, -0.25) is 9.36 Å². The standard InChI is InChI=1S/C14H16BrN3O2S/c1-3-4-12-16-17-14(21-8-13(19)20)18(12)11-7-10(15)6-5-9(11)2/h5-7H,3-4,8H2,1-2H3,(H,19,20). The number of aliphatic carboxylic acids is 1. The van der Waals surface area contributed by atoms with Gasteiger partial charge in [0.2, 0.25) is 0 Å². The predicted molar refractivity (Wildman–Crippen MR) is 86.2 cm³/mol. The number of aromatic nitrogens is 3. The van der Waals surface area contributed by atoms with E-state index in [1.165, 1.54) is 11.8 Å². The quantitative estimate of drug-likeness (QED) is 0.789. The molecule has 7 heteroatoms. The molecule has 0 bridgehead atoms. The summed E-state index contributed by atoms with van der Waals surface area (Å²) in [6.45, 7) is 4.10. The summed E-state index contributed by atoms with van der Waals surface area (Å²) in [5.74, 6) is -0.0405. The molecule has 112 valence electrons. The number of aryl methyl sites for hydroxylation is 2. The van der Waals surface area contributed by atoms with Gasteiger partial charge in [-0.15, -0.1) is 10.2 Å². The number of carbonyl (C=O) groups is 1. The van der Waals surface area contributed by atoms with Crippen molar-refractivity contribution < 1.29 is 9.90 Å². The largest absolute Gasteiger partial charge is 0.481 e. The van der Waals surface area contributed by atoms with E-state index in [0.717, 1.165) is 34.4 Å². The van der Waals surface area contributed by atoms with E-state index >= 15 is 0 Å². The van der Waals surface area contributed by atoms with E-state index in [1.807, 2.05) is 29.7 Å². The maximum atomic E-state index is 10.8. The highest BCUT2D eigenvalue weighted by molar-refractivity contribution is 9.10. The van der Waals surface area contributed by atoms with Crippen LogP contribution in [0.4, 0.5) is 0 Å². The molecular weight excluding hydrogens is 354 g/mol. The van der Waals surface area contributed by atoms with Crippen LogP contribution in [0.3, 0.4) is 0 Å². The Morgan fingerprint density at radius 1 is 1.43 bits per heavy atom. The van der Waals surface area contributed by atoms with Crippen molar-refractivity contribution in [2.45, 2.75) is 31.8 Å². The van der Waals surface area contributed by atoms with Crippen LogP contribution in [0.2, 0.25) is 0 Å². The van der Waals surface area contributed by atoms with Crippen LogP contribution in [-0.2, 0) is 11.2 Å². The first-order valence-electron chi connectivity index (χ1n) is 6.58. The lowest BCUT2D eigenvalue weighted by molar-refractivity contribution is -0.133. The molecule has 0 fully saturated rings. The molecule has 0 aliphatic carbocycles. The second-order valence-corrected chi connectivity index (χ2v) is 6.46. The molecule has 1 aromatic carbocycles. The molecular formula is C14H16BrN3O2S. The molecule has 0 aliphatic rings. The van der Waals surface area contributed by atoms with E-state index in [4.69, 9.17) is 5.11 Å². The summed E-state index contributed by atoms with van der Waals surface area (Å²) in [6.07, 6.45) is 1.75. The van der Waals surface area contributed by atoms with Crippen molar-refractivity contribution in [3.8, 4) is 5.69 Å². The average molecular weight is 370 g/mol. The van der Waals surface area contributed by atoms with Gasteiger partial charge in [0.15, 0.2) is 5.16 Å². The lowest BCUT2D eigenvalue weighted by Crippen LogP contribution is -2.06. The van der Waals surface area contributed by atoms with Gasteiger partial charge in [-0.05, 0) is 31.0 Å². The van der Waals surface area contributed by atoms with Gasteiger partial charge in [0.1, 0.15) is 5.82 Å². The van der Waals surface area contributed by atoms with Crippen molar-refractivity contribution in [3.05, 3.63) is 34.1 Å². The zero-order valence-corrected chi connectivity index (χ0v) is 14.2. The third-order valence-corrected chi connectivity index (χ3v) is 4.32. The molecule has 0 saturated carbocycles. The minimum absolute atomic E-state index is 0.0304. The van der Waals surface area contributed by atoms with E-state index < -0.39 is 5.97 Å². The fourth-order valence-electron chi connectivity index (χ4n) is 1.97. The minimum Gasteiger partial charge on any atom is -0.481 e. The fraction of sp³-hybridized carbons (Fsp3) is 0.357. The number of hydrogen-bond acceptors (Lipinski definition) is 4. The molecule has 1 aromatic heterocycles. The number of nitrogens with zero attached hydrogens (tertiary/aromatic N) is 3. The van der Waals surface area contributed by atoms with Crippen LogP contribution in [-0.4, -0.2) is 31.6 Å². The van der Waals surface area contributed by atoms with Gasteiger partial charge in [0.05, 0.1) is 11.4 Å². The Bertz CT molecular complexity index is 658. The number of carboxylic acids is 1. The Morgan fingerprint density at radius 3 is 2.86 bits per heavy atom. The lowest BCUT2D eigenvalue weighted by Gasteiger charge is -2.12. The summed E-state index contributed by atoms with van der Waals surface area (Å²) < 4.78 is 2.92. The fourth-order valence-corrected chi connectivity index (χ4v) is 3.00. The molecule has 0 amide bonds. The Balaban J connectivity index is 2.49. The van der Waals surface area contributed by atoms with Crippen molar-refractivity contribution in [1.29, 1.82) is 0 Å². The SMILES string of the molecule is CCCc1nnc(SCC(=O)O)n1-c1cc(Br)ccc1C. The van der Waals surface area contributed by atoms with Gasteiger partial charge in [-0.2, -0.15) is 0 Å². The van der Waals surface area contributed by atoms with Gasteiger partial charge in [-0.1, -0.05) is 40.7 Å². The van der Waals surface area contributed by atoms with Crippen molar-refractivity contribution in [1.82, 2.24) is 14.8 Å². The van der Waals surface area contributed by atoms with Crippen molar-refractivity contribution in [3.63, 3.8) is 0 Å². The molecule has 2 aromatic rings. The molecule has 1 N–H and O–H groups in total. The smallest absolute Gasteiger partial charge is 0.313 e. The van der Waals surface area contributed by atoms with Gasteiger partial charge in [0.25, 0.3) is 0 Å². The summed E-state index contributed by atoms with van der Waals surface area (Å²) in [7, 11) is 0. The van der Waals surface area contributed by atoms with E-state index in [0.29, 0.717) is 5.16 Å². The molecule has 2 rings (SSSR count). The van der Waals surface area contributed by atoms with E-state index in [-0.39, 0.29) is 5.75 Å². The predicted octanol–water partition coefficient (Wildman–Crippen LogP) is 3.47. The first-order valence-corrected chi connectivity index (χ1v) is 8.36. The summed E-state index contributed by atoms with van der Waals surface area (Å²) in [6, 6.07) is 6.00. The summed E-state index contributed by atoms with van der Waals surface area (Å²) in [5, 5.41) is 17.8. The second kappa shape index (κ2) is 7.09. The summed E-state index contributed by atoms with van der Waals surface area (Å²) in [5.41, 5.74) is 2.07. The Morgan fingerprint density at radius 2 is 2.19 bits per heavy atom. The zero-order chi connectivity index (χ0) is 15.4. The molecule has 0 aliphatic heterocycles. The number of benzene rings is 1. The monoisotopic (exact) mass is 369 g/mol. The van der Waals surface area contributed by atoms with Gasteiger partial charge >= 0.3 is 5.97 Å². The van der Waals surface area contributed by atoms with Gasteiger partial charge in [0, 0.05) is 10.9 Å². The topological polar surface area (TPSA) is 68.0 Å². The molecule has 5 nitrogen and oxygen atoms in total. The van der Waals surface area contributed by atoms with Crippen LogP contribution in [0.1, 0.15) is 24.7 Å². The van der Waals surface area contributed by atoms with E-state index in [9.17, 15) is 4.79 Å². The van der Waals surface area contributed by atoms with Gasteiger partial charge < -0.3 is 5.11 Å². The van der Waals surface area contributed by atoms with Crippen LogP contribution < -0.4 is 0 Å². The highest BCUT2D eigenvalue weighted by atomic mass is 79.9. The van der Waals surface area contributed by atoms with Crippen molar-refractivity contribution >= 4 is 33.7 Å². The maximum Gasteiger partial charge on any atom is 0.313 e. The van der Waals surface area contributed by atoms with Crippen LogP contribution in [0.5, 0.6) is 0 Å². The molecule has 0 radical (unpaired) electrons. The van der Waals surface area contributed by atoms with Crippen LogP contribution in [0.25, 0.3) is 5.69 Å². The second-order valence-electron chi connectivity index (χ2n) is 4.60. The highest BCUT2D eigenvalue weighted by Gasteiger charge is 2.16. The number of rotatable bonds is 6. The van der Waals surface area contributed by atoms with E-state index in [2.05, 4.69) is 33.1 Å². The number of thioether (sulfide) groups is 1. The minimum atomic E-state index is -0.863. The molecule has 0 spiro atoms. The lowest BCUT2D eigenvalue weighted by atomic mass is 10.2. The maximum absolute atomic E-state index is 10.8. The zero-order valence-electron chi connectivity index (χ0n) is 11.8. The molecule has 21 heavy (non-hydrogen) atoms. The normalized spacial score (nSPS) is 10.8. The molecule has 0 saturated heterocycles. The Kier molecular flexibility index (Phi) is 5.41. The van der Waals surface area contributed by atoms with Crippen LogP contribution in [0.15, 0.2) is 27.8 Å². The first kappa shape index (κ1) is 16.0. The Labute approximate surface area is 135 Å². The molecule has 0 atom stereocenters. The first-order chi connectivity index (χ1) is 10.0. The van der Waals surface area contributed by atoms with Crippen LogP contribution >= 0.6 is 27.7 Å². The summed E-state index contributed by atoms with van der Waals surface area (Å²) >= 11 is 4.66. The highest BCUT2D eigenvalue weighted by Crippen LogP contribution is 2.27. The van der Waals surface area contributed by atoms with Crippen LogP contribution in [0, 0.1) is 6.92 Å². The third-order valence-electron chi connectivity index (χ3n) is 2.91. The average Bonchev–Trinajstić information content (AvgIpc) is 2.82. The third kappa shape index (κ3) is 3.85. The summed E-state index contributed by atoms with van der Waals surface area (Å²) in [4.78, 5) is 10.8. The van der Waals surface area contributed by atoms with Crippen molar-refractivity contribution in [2.75, 3.05) is 5.75 Å². The molecule has 0 unspecified atom stereocenters. The number of halogens is 1. The van der Waals surface area contributed by atoms with Gasteiger partial charge in [-0.25, -0.2) is 0 Å². The van der Waals surface area contributed by atoms with E-state index in [1.54, 1.807) is 0 Å². The Hall–Kier alpha value is -1.34. The molecule has 1 heterocycles. The number of hydrogen-bond donors (Lipinski definition) is 1.